The largest absolute Gasteiger partial charge is 0.387 e. The first kappa shape index (κ1) is 17.8. The third-order valence-corrected chi connectivity index (χ3v) is 5.05. The molecule has 0 spiro atoms. The molecule has 1 fully saturated rings. The zero-order chi connectivity index (χ0) is 15.8. The van der Waals surface area contributed by atoms with E-state index >= 15 is 0 Å². The van der Waals surface area contributed by atoms with E-state index in [-0.39, 0.29) is 0 Å². The van der Waals surface area contributed by atoms with Gasteiger partial charge >= 0.3 is 0 Å². The lowest BCUT2D eigenvalue weighted by Gasteiger charge is -2.37. The number of aliphatic hydroxyl groups is 1. The number of hydrogen-bond acceptors (Lipinski definition) is 2. The molecule has 1 aromatic carbocycles. The maximum absolute atomic E-state index is 10.5. The van der Waals surface area contributed by atoms with Crippen LogP contribution in [-0.2, 0) is 0 Å². The van der Waals surface area contributed by atoms with Gasteiger partial charge in [-0.2, -0.15) is 0 Å². The van der Waals surface area contributed by atoms with Crippen LogP contribution in [-0.4, -0.2) is 29.1 Å². The second kappa shape index (κ2) is 9.54. The lowest BCUT2D eigenvalue weighted by Crippen LogP contribution is -2.41. The number of halogens is 1. The van der Waals surface area contributed by atoms with Gasteiger partial charge in [-0.05, 0) is 43.5 Å². The smallest absolute Gasteiger partial charge is 0.0917 e. The molecule has 22 heavy (non-hydrogen) atoms. The molecule has 1 aliphatic rings. The molecule has 0 aromatic heterocycles. The number of rotatable bonds is 8. The molecule has 0 radical (unpaired) electrons. The Bertz CT molecular complexity index is 420. The molecule has 0 bridgehead atoms. The van der Waals surface area contributed by atoms with Crippen LogP contribution >= 0.6 is 11.6 Å². The second-order valence-electron chi connectivity index (χ2n) is 6.56. The molecule has 2 nitrogen and oxygen atoms in total. The van der Waals surface area contributed by atoms with Gasteiger partial charge in [-0.3, -0.25) is 4.90 Å². The van der Waals surface area contributed by atoms with Crippen molar-refractivity contribution in [3.63, 3.8) is 0 Å². The third kappa shape index (κ3) is 5.57. The van der Waals surface area contributed by atoms with Crippen molar-refractivity contribution in [3.8, 4) is 0 Å². The molecule has 1 heterocycles. The van der Waals surface area contributed by atoms with Gasteiger partial charge in [0, 0.05) is 17.6 Å². The van der Waals surface area contributed by atoms with Gasteiger partial charge in [-0.25, -0.2) is 0 Å². The topological polar surface area (TPSA) is 23.5 Å². The molecule has 0 saturated carbocycles. The first-order valence-corrected chi connectivity index (χ1v) is 9.26. The van der Waals surface area contributed by atoms with Crippen molar-refractivity contribution < 1.29 is 5.11 Å². The fourth-order valence-corrected chi connectivity index (χ4v) is 3.57. The summed E-state index contributed by atoms with van der Waals surface area (Å²) in [6.45, 7) is 4.14. The van der Waals surface area contributed by atoms with Crippen LogP contribution in [0.25, 0.3) is 0 Å². The Hall–Kier alpha value is -0.570. The van der Waals surface area contributed by atoms with E-state index < -0.39 is 6.10 Å². The van der Waals surface area contributed by atoms with Crippen LogP contribution in [0.3, 0.4) is 0 Å². The molecule has 3 heteroatoms. The number of hydrogen-bond donors (Lipinski definition) is 1. The highest BCUT2D eigenvalue weighted by Crippen LogP contribution is 2.25. The Balaban J connectivity index is 1.85. The van der Waals surface area contributed by atoms with E-state index in [0.717, 1.165) is 23.7 Å². The Labute approximate surface area is 140 Å². The fourth-order valence-electron chi connectivity index (χ4n) is 3.45. The first-order valence-electron chi connectivity index (χ1n) is 8.88. The summed E-state index contributed by atoms with van der Waals surface area (Å²) in [5.41, 5.74) is 0.972. The number of β-amino-alcohol motifs (C(OH)–C–C–N with tert-alkyl or cyclic N) is 1. The highest BCUT2D eigenvalue weighted by molar-refractivity contribution is 6.30. The zero-order valence-electron chi connectivity index (χ0n) is 13.8. The minimum Gasteiger partial charge on any atom is -0.387 e. The number of aliphatic hydroxyl groups excluding tert-OH is 1. The van der Waals surface area contributed by atoms with Crippen molar-refractivity contribution in [2.45, 2.75) is 70.4 Å². The number of benzene rings is 1. The van der Waals surface area contributed by atoms with E-state index in [2.05, 4.69) is 11.8 Å². The van der Waals surface area contributed by atoms with Crippen molar-refractivity contribution >= 4 is 11.6 Å². The van der Waals surface area contributed by atoms with Crippen LogP contribution in [0.15, 0.2) is 24.3 Å². The number of piperidine rings is 1. The molecule has 1 aliphatic heterocycles. The summed E-state index contributed by atoms with van der Waals surface area (Å²) in [5.74, 6) is 0. The summed E-state index contributed by atoms with van der Waals surface area (Å²) in [6.07, 6.45) is 10.1. The van der Waals surface area contributed by atoms with Crippen LogP contribution < -0.4 is 0 Å². The van der Waals surface area contributed by atoms with Crippen molar-refractivity contribution in [3.05, 3.63) is 34.9 Å². The highest BCUT2D eigenvalue weighted by atomic mass is 35.5. The minimum absolute atomic E-state index is 0.409. The van der Waals surface area contributed by atoms with Gasteiger partial charge in [0.15, 0.2) is 0 Å². The van der Waals surface area contributed by atoms with Gasteiger partial charge in [0.2, 0.25) is 0 Å². The van der Waals surface area contributed by atoms with E-state index in [4.69, 9.17) is 11.6 Å². The van der Waals surface area contributed by atoms with E-state index in [9.17, 15) is 5.11 Å². The van der Waals surface area contributed by atoms with Gasteiger partial charge in [-0.15, -0.1) is 0 Å². The van der Waals surface area contributed by atoms with Gasteiger partial charge < -0.3 is 5.11 Å². The van der Waals surface area contributed by atoms with Crippen LogP contribution in [0.1, 0.15) is 70.0 Å². The Kier molecular flexibility index (Phi) is 7.71. The maximum atomic E-state index is 10.5. The summed E-state index contributed by atoms with van der Waals surface area (Å²) >= 11 is 5.92. The minimum atomic E-state index is -0.409. The van der Waals surface area contributed by atoms with E-state index in [0.29, 0.717) is 6.04 Å². The molecule has 1 aromatic rings. The molecule has 1 N–H and O–H groups in total. The molecule has 2 atom stereocenters. The fraction of sp³-hybridized carbons (Fsp3) is 0.684. The maximum Gasteiger partial charge on any atom is 0.0917 e. The Morgan fingerprint density at radius 2 is 1.95 bits per heavy atom. The summed E-state index contributed by atoms with van der Waals surface area (Å²) in [6, 6.07) is 8.25. The van der Waals surface area contributed by atoms with Gasteiger partial charge in [0.1, 0.15) is 0 Å². The monoisotopic (exact) mass is 323 g/mol. The molecule has 124 valence electrons. The first-order chi connectivity index (χ1) is 10.7. The molecule has 1 saturated heterocycles. The number of nitrogens with zero attached hydrogens (tertiary/aromatic N) is 1. The quantitative estimate of drug-likeness (QED) is 0.665. The van der Waals surface area contributed by atoms with Crippen molar-refractivity contribution in [2.75, 3.05) is 13.1 Å². The van der Waals surface area contributed by atoms with Crippen LogP contribution in [0.5, 0.6) is 0 Å². The predicted molar refractivity (Wildman–Crippen MR) is 94.4 cm³/mol. The number of likely N-dealkylation sites (tertiary alicyclic amines) is 1. The number of unbranched alkanes of at least 4 members (excludes halogenated alkanes) is 3. The lowest BCUT2D eigenvalue weighted by atomic mass is 9.95. The third-order valence-electron chi connectivity index (χ3n) is 4.80. The Morgan fingerprint density at radius 3 is 2.68 bits per heavy atom. The van der Waals surface area contributed by atoms with E-state index in [1.807, 2.05) is 24.3 Å². The average Bonchev–Trinajstić information content (AvgIpc) is 2.53. The van der Waals surface area contributed by atoms with Crippen LogP contribution in [0.4, 0.5) is 0 Å². The molecular weight excluding hydrogens is 294 g/mol. The van der Waals surface area contributed by atoms with E-state index in [1.165, 1.54) is 51.4 Å². The summed E-state index contributed by atoms with van der Waals surface area (Å²) in [7, 11) is 0. The SMILES string of the molecule is CCCCCC[C@H]1CCCCN1C[C@H](O)c1ccc(Cl)cc1. The zero-order valence-corrected chi connectivity index (χ0v) is 14.6. The Morgan fingerprint density at radius 1 is 1.18 bits per heavy atom. The van der Waals surface area contributed by atoms with Crippen molar-refractivity contribution in [2.24, 2.45) is 0 Å². The van der Waals surface area contributed by atoms with E-state index in [1.54, 1.807) is 0 Å². The van der Waals surface area contributed by atoms with Gasteiger partial charge in [-0.1, -0.05) is 62.8 Å². The molecule has 0 unspecified atom stereocenters. The van der Waals surface area contributed by atoms with Crippen LogP contribution in [0.2, 0.25) is 5.02 Å². The average molecular weight is 324 g/mol. The summed E-state index contributed by atoms with van der Waals surface area (Å²) in [4.78, 5) is 2.51. The van der Waals surface area contributed by atoms with Gasteiger partial charge in [0.05, 0.1) is 6.10 Å². The van der Waals surface area contributed by atoms with Gasteiger partial charge in [0.25, 0.3) is 0 Å². The van der Waals surface area contributed by atoms with Crippen molar-refractivity contribution in [1.29, 1.82) is 0 Å². The summed E-state index contributed by atoms with van der Waals surface area (Å²) in [5, 5.41) is 11.2. The lowest BCUT2D eigenvalue weighted by molar-refractivity contribution is 0.0628. The molecule has 0 aliphatic carbocycles. The second-order valence-corrected chi connectivity index (χ2v) is 7.00. The molecule has 0 amide bonds. The molecular formula is C19H30ClNO. The molecule has 2 rings (SSSR count). The standard InChI is InChI=1S/C19H30ClNO/c1-2-3-4-5-8-18-9-6-7-14-21(18)15-19(22)16-10-12-17(20)13-11-16/h10-13,18-19,22H,2-9,14-15H2,1H3/t18-,19-/m0/s1. The normalized spacial score (nSPS) is 21.0. The van der Waals surface area contributed by atoms with Crippen LogP contribution in [0, 0.1) is 0 Å². The summed E-state index contributed by atoms with van der Waals surface area (Å²) < 4.78 is 0. The highest BCUT2D eigenvalue weighted by Gasteiger charge is 2.24. The van der Waals surface area contributed by atoms with Crippen molar-refractivity contribution in [1.82, 2.24) is 4.90 Å². The predicted octanol–water partition coefficient (Wildman–Crippen LogP) is 5.20.